The van der Waals surface area contributed by atoms with Gasteiger partial charge in [-0.15, -0.1) is 0 Å². The summed E-state index contributed by atoms with van der Waals surface area (Å²) in [7, 11) is 1.87. The summed E-state index contributed by atoms with van der Waals surface area (Å²) >= 11 is 0. The van der Waals surface area contributed by atoms with Gasteiger partial charge in [-0.1, -0.05) is 54.6 Å². The molecule has 4 rings (SSSR count). The molecule has 31 heavy (non-hydrogen) atoms. The maximum atomic E-state index is 11.9. The van der Waals surface area contributed by atoms with Crippen LogP contribution in [0.25, 0.3) is 0 Å². The van der Waals surface area contributed by atoms with E-state index in [4.69, 9.17) is 0 Å². The largest absolute Gasteiger partial charge is 0.352 e. The summed E-state index contributed by atoms with van der Waals surface area (Å²) in [5, 5.41) is 3.54. The Labute approximate surface area is 186 Å². The lowest BCUT2D eigenvalue weighted by molar-refractivity contribution is -0.128. The van der Waals surface area contributed by atoms with Crippen molar-refractivity contribution in [2.45, 2.75) is 45.2 Å². The van der Waals surface area contributed by atoms with Crippen LogP contribution in [0.2, 0.25) is 0 Å². The summed E-state index contributed by atoms with van der Waals surface area (Å²) in [6.07, 6.45) is 5.26. The van der Waals surface area contributed by atoms with Crippen LogP contribution in [-0.4, -0.2) is 48.3 Å². The zero-order valence-corrected chi connectivity index (χ0v) is 18.6. The van der Waals surface area contributed by atoms with Crippen molar-refractivity contribution >= 4 is 11.9 Å². The lowest BCUT2D eigenvalue weighted by Crippen LogP contribution is -2.45. The van der Waals surface area contributed by atoms with Gasteiger partial charge in [-0.25, -0.2) is 0 Å². The van der Waals surface area contributed by atoms with Crippen molar-refractivity contribution < 1.29 is 4.79 Å². The van der Waals surface area contributed by atoms with Crippen LogP contribution in [0.5, 0.6) is 0 Å². The summed E-state index contributed by atoms with van der Waals surface area (Å²) in [4.78, 5) is 20.8. The molecule has 0 unspecified atom stereocenters. The summed E-state index contributed by atoms with van der Waals surface area (Å²) < 4.78 is 0. The fourth-order valence-electron chi connectivity index (χ4n) is 4.74. The Balaban J connectivity index is 1.26. The smallest absolute Gasteiger partial charge is 0.222 e. The van der Waals surface area contributed by atoms with E-state index in [1.807, 2.05) is 11.9 Å². The average molecular weight is 419 g/mol. The van der Waals surface area contributed by atoms with E-state index < -0.39 is 0 Å². The molecule has 0 radical (unpaired) electrons. The quantitative estimate of drug-likeness (QED) is 0.573. The van der Waals surface area contributed by atoms with Crippen LogP contribution < -0.4 is 5.32 Å². The minimum Gasteiger partial charge on any atom is -0.352 e. The molecule has 2 saturated heterocycles. The van der Waals surface area contributed by atoms with Crippen LogP contribution in [0.15, 0.2) is 59.6 Å². The van der Waals surface area contributed by atoms with Gasteiger partial charge in [0, 0.05) is 46.2 Å². The van der Waals surface area contributed by atoms with E-state index in [2.05, 4.69) is 69.8 Å². The van der Waals surface area contributed by atoms with Gasteiger partial charge in [-0.05, 0) is 48.3 Å². The molecule has 0 spiro atoms. The summed E-state index contributed by atoms with van der Waals surface area (Å²) in [5.41, 5.74) is 3.87. The minimum absolute atomic E-state index is 0.277. The van der Waals surface area contributed by atoms with Gasteiger partial charge < -0.3 is 15.1 Å². The highest BCUT2D eigenvalue weighted by atomic mass is 16.2. The number of hydrogen-bond donors (Lipinski definition) is 1. The van der Waals surface area contributed by atoms with Gasteiger partial charge in [-0.3, -0.25) is 9.79 Å². The van der Waals surface area contributed by atoms with Crippen LogP contribution in [0, 0.1) is 5.92 Å². The first-order chi connectivity index (χ1) is 15.2. The molecule has 2 aromatic rings. The van der Waals surface area contributed by atoms with Gasteiger partial charge in [0.05, 0.1) is 0 Å². The van der Waals surface area contributed by atoms with Crippen LogP contribution in [0.1, 0.15) is 42.4 Å². The van der Waals surface area contributed by atoms with Gasteiger partial charge in [0.15, 0.2) is 5.96 Å². The van der Waals surface area contributed by atoms with Crippen LogP contribution in [0.3, 0.4) is 0 Å². The van der Waals surface area contributed by atoms with E-state index in [-0.39, 0.29) is 5.91 Å². The van der Waals surface area contributed by atoms with Crippen molar-refractivity contribution in [3.05, 3.63) is 71.3 Å². The number of carbonyl (C=O) groups is 1. The molecule has 2 heterocycles. The predicted molar refractivity (Wildman–Crippen MR) is 126 cm³/mol. The highest BCUT2D eigenvalue weighted by Crippen LogP contribution is 2.22. The Morgan fingerprint density at radius 2 is 1.74 bits per heavy atom. The van der Waals surface area contributed by atoms with E-state index >= 15 is 0 Å². The fraction of sp³-hybridized carbons (Fsp3) is 0.462. The number of amides is 1. The third kappa shape index (κ3) is 5.87. The molecule has 1 N–H and O–H groups in total. The lowest BCUT2D eigenvalue weighted by Gasteiger charge is -2.34. The SMILES string of the molecule is CN=C(NCc1cccc(CN2CCCC2=O)c1)N1CCC(Cc2ccccc2)CC1. The Morgan fingerprint density at radius 3 is 2.45 bits per heavy atom. The number of aliphatic imine (C=N–C) groups is 1. The normalized spacial score (nSPS) is 18.0. The molecule has 5 heteroatoms. The molecule has 2 fully saturated rings. The van der Waals surface area contributed by atoms with Crippen molar-refractivity contribution in [1.29, 1.82) is 0 Å². The minimum atomic E-state index is 0.277. The van der Waals surface area contributed by atoms with Crippen LogP contribution in [0.4, 0.5) is 0 Å². The number of likely N-dealkylation sites (tertiary alicyclic amines) is 2. The second-order valence-electron chi connectivity index (χ2n) is 8.76. The second kappa shape index (κ2) is 10.5. The first kappa shape index (κ1) is 21.4. The number of nitrogens with one attached hydrogen (secondary N) is 1. The maximum Gasteiger partial charge on any atom is 0.222 e. The summed E-state index contributed by atoms with van der Waals surface area (Å²) in [6, 6.07) is 19.4. The van der Waals surface area contributed by atoms with E-state index in [0.717, 1.165) is 51.0 Å². The molecule has 5 nitrogen and oxygen atoms in total. The van der Waals surface area contributed by atoms with Gasteiger partial charge in [-0.2, -0.15) is 0 Å². The number of guanidine groups is 1. The number of benzene rings is 2. The molecule has 0 saturated carbocycles. The van der Waals surface area contributed by atoms with Crippen molar-refractivity contribution in [1.82, 2.24) is 15.1 Å². The highest BCUT2D eigenvalue weighted by molar-refractivity contribution is 5.80. The molecule has 2 aliphatic rings. The van der Waals surface area contributed by atoms with Crippen LogP contribution in [-0.2, 0) is 24.3 Å². The third-order valence-corrected chi connectivity index (χ3v) is 6.48. The maximum absolute atomic E-state index is 11.9. The number of carbonyl (C=O) groups excluding carboxylic acids is 1. The van der Waals surface area contributed by atoms with Gasteiger partial charge in [0.2, 0.25) is 5.91 Å². The number of rotatable bonds is 6. The third-order valence-electron chi connectivity index (χ3n) is 6.48. The van der Waals surface area contributed by atoms with Gasteiger partial charge in [0.1, 0.15) is 0 Å². The second-order valence-corrected chi connectivity index (χ2v) is 8.76. The zero-order valence-electron chi connectivity index (χ0n) is 18.6. The van der Waals surface area contributed by atoms with Crippen molar-refractivity contribution in [3.8, 4) is 0 Å². The Morgan fingerprint density at radius 1 is 1.00 bits per heavy atom. The molecule has 0 atom stereocenters. The predicted octanol–water partition coefficient (Wildman–Crippen LogP) is 3.84. The average Bonchev–Trinajstić information content (AvgIpc) is 3.20. The van der Waals surface area contributed by atoms with Crippen molar-refractivity contribution in [2.75, 3.05) is 26.7 Å². The van der Waals surface area contributed by atoms with Crippen molar-refractivity contribution in [3.63, 3.8) is 0 Å². The van der Waals surface area contributed by atoms with Gasteiger partial charge >= 0.3 is 0 Å². The molecular weight excluding hydrogens is 384 g/mol. The summed E-state index contributed by atoms with van der Waals surface area (Å²) in [5.74, 6) is 2.01. The molecule has 0 bridgehead atoms. The first-order valence-corrected chi connectivity index (χ1v) is 11.6. The van der Waals surface area contributed by atoms with E-state index in [0.29, 0.717) is 6.42 Å². The van der Waals surface area contributed by atoms with Crippen molar-refractivity contribution in [2.24, 2.45) is 10.9 Å². The van der Waals surface area contributed by atoms with Crippen LogP contribution >= 0.6 is 0 Å². The molecule has 2 aliphatic heterocycles. The molecular formula is C26H34N4O. The van der Waals surface area contributed by atoms with Gasteiger partial charge in [0.25, 0.3) is 0 Å². The zero-order chi connectivity index (χ0) is 21.5. The first-order valence-electron chi connectivity index (χ1n) is 11.6. The molecule has 0 aliphatic carbocycles. The highest BCUT2D eigenvalue weighted by Gasteiger charge is 2.22. The molecule has 0 aromatic heterocycles. The Kier molecular flexibility index (Phi) is 7.23. The van der Waals surface area contributed by atoms with E-state index in [1.54, 1.807) is 0 Å². The Bertz CT molecular complexity index is 887. The van der Waals surface area contributed by atoms with E-state index in [9.17, 15) is 4.79 Å². The number of piperidine rings is 1. The Hall–Kier alpha value is -2.82. The molecule has 164 valence electrons. The monoisotopic (exact) mass is 418 g/mol. The topological polar surface area (TPSA) is 47.9 Å². The lowest BCUT2D eigenvalue weighted by atomic mass is 9.90. The molecule has 1 amide bonds. The summed E-state index contributed by atoms with van der Waals surface area (Å²) in [6.45, 7) is 4.45. The number of nitrogens with zero attached hydrogens (tertiary/aromatic N) is 3. The fourth-order valence-corrected chi connectivity index (χ4v) is 4.74. The van der Waals surface area contributed by atoms with E-state index in [1.165, 1.54) is 36.0 Å². The standard InChI is InChI=1S/C26H34N4O/c1-27-26(29-15-12-22(13-16-29)17-21-7-3-2-4-8-21)28-19-23-9-5-10-24(18-23)20-30-14-6-11-25(30)31/h2-5,7-10,18,22H,6,11-17,19-20H2,1H3,(H,27,28). The number of hydrogen-bond acceptors (Lipinski definition) is 2. The molecule has 2 aromatic carbocycles.